The predicted molar refractivity (Wildman–Crippen MR) is 86.9 cm³/mol. The molecule has 1 aliphatic heterocycles. The van der Waals surface area contributed by atoms with Gasteiger partial charge in [0, 0.05) is 16.2 Å². The van der Waals surface area contributed by atoms with Gasteiger partial charge in [0.05, 0.1) is 12.1 Å². The summed E-state index contributed by atoms with van der Waals surface area (Å²) in [6.07, 6.45) is 0.371. The molecule has 1 heterocycles. The van der Waals surface area contributed by atoms with Gasteiger partial charge < -0.3 is 15.8 Å². The van der Waals surface area contributed by atoms with Gasteiger partial charge in [0.1, 0.15) is 5.75 Å². The highest BCUT2D eigenvalue weighted by Gasteiger charge is 2.20. The van der Waals surface area contributed by atoms with Gasteiger partial charge >= 0.3 is 0 Å². The molecule has 3 rings (SSSR count). The number of hydrogen-bond acceptors (Lipinski definition) is 3. The van der Waals surface area contributed by atoms with Crippen LogP contribution in [0.25, 0.3) is 0 Å². The summed E-state index contributed by atoms with van der Waals surface area (Å²) in [5.41, 5.74) is 10.4. The summed E-state index contributed by atoms with van der Waals surface area (Å²) >= 11 is 3.53. The van der Waals surface area contributed by atoms with E-state index in [1.54, 1.807) is 12.1 Å². The van der Waals surface area contributed by atoms with Crippen LogP contribution in [0.3, 0.4) is 0 Å². The van der Waals surface area contributed by atoms with Gasteiger partial charge in [-0.15, -0.1) is 0 Å². The van der Waals surface area contributed by atoms with Gasteiger partial charge in [-0.25, -0.2) is 0 Å². The number of ether oxygens (including phenoxy) is 1. The summed E-state index contributed by atoms with van der Waals surface area (Å²) in [5.74, 6) is 1.26. The maximum atomic E-state index is 11.4. The van der Waals surface area contributed by atoms with E-state index in [0.29, 0.717) is 17.9 Å². The fourth-order valence-corrected chi connectivity index (χ4v) is 2.68. The van der Waals surface area contributed by atoms with Gasteiger partial charge in [-0.3, -0.25) is 4.79 Å². The van der Waals surface area contributed by atoms with Crippen molar-refractivity contribution in [2.24, 2.45) is 0 Å². The number of aryl methyl sites for hydroxylation is 2. The molecule has 2 aromatic carbocycles. The molecular weight excluding hydrogens is 332 g/mol. The fourth-order valence-electron chi connectivity index (χ4n) is 2.45. The minimum absolute atomic E-state index is 0.0168. The molecule has 2 aromatic rings. The lowest BCUT2D eigenvalue weighted by molar-refractivity contribution is -0.115. The van der Waals surface area contributed by atoms with E-state index >= 15 is 0 Å². The molecule has 3 N–H and O–H groups in total. The molecule has 0 unspecified atom stereocenters. The van der Waals surface area contributed by atoms with E-state index in [4.69, 9.17) is 10.5 Å². The van der Waals surface area contributed by atoms with Crippen LogP contribution in [0.15, 0.2) is 28.7 Å². The van der Waals surface area contributed by atoms with Crippen LogP contribution in [0.4, 0.5) is 11.4 Å². The van der Waals surface area contributed by atoms with Gasteiger partial charge in [0.2, 0.25) is 5.91 Å². The first-order chi connectivity index (χ1) is 9.94. The minimum atomic E-state index is -0.0168. The van der Waals surface area contributed by atoms with Crippen LogP contribution in [0.5, 0.6) is 11.5 Å². The maximum absolute atomic E-state index is 11.4. The molecule has 108 valence electrons. The number of rotatable bonds is 2. The number of fused-ring (bicyclic) bond motifs is 1. The molecule has 5 heteroatoms. The molecule has 0 aliphatic carbocycles. The highest BCUT2D eigenvalue weighted by molar-refractivity contribution is 9.10. The minimum Gasteiger partial charge on any atom is -0.455 e. The van der Waals surface area contributed by atoms with Crippen LogP contribution in [0.2, 0.25) is 0 Å². The lowest BCUT2D eigenvalue weighted by Gasteiger charge is -2.13. The maximum Gasteiger partial charge on any atom is 0.228 e. The van der Waals surface area contributed by atoms with Gasteiger partial charge in [0.15, 0.2) is 5.75 Å². The molecular formula is C16H15BrN2O2. The van der Waals surface area contributed by atoms with Crippen molar-refractivity contribution in [3.05, 3.63) is 45.4 Å². The van der Waals surface area contributed by atoms with E-state index in [9.17, 15) is 4.79 Å². The van der Waals surface area contributed by atoms with Crippen molar-refractivity contribution < 1.29 is 9.53 Å². The van der Waals surface area contributed by atoms with Crippen LogP contribution in [0.1, 0.15) is 16.7 Å². The van der Waals surface area contributed by atoms with Crippen LogP contribution in [0, 0.1) is 13.8 Å². The SMILES string of the molecule is Cc1cc(Oc2cc3c(cc2N)CC(=O)N3)cc(C)c1Br. The Hall–Kier alpha value is -2.01. The topological polar surface area (TPSA) is 64.3 Å². The average Bonchev–Trinajstić information content (AvgIpc) is 2.75. The average molecular weight is 347 g/mol. The van der Waals surface area contributed by atoms with Crippen molar-refractivity contribution in [2.45, 2.75) is 20.3 Å². The normalized spacial score (nSPS) is 13.0. The van der Waals surface area contributed by atoms with E-state index in [1.807, 2.05) is 26.0 Å². The number of nitrogens with two attached hydrogens (primary N) is 1. The summed E-state index contributed by atoms with van der Waals surface area (Å²) in [7, 11) is 0. The summed E-state index contributed by atoms with van der Waals surface area (Å²) in [4.78, 5) is 11.4. The molecule has 0 atom stereocenters. The largest absolute Gasteiger partial charge is 0.455 e. The smallest absolute Gasteiger partial charge is 0.228 e. The number of benzene rings is 2. The number of nitrogen functional groups attached to an aromatic ring is 1. The fraction of sp³-hybridized carbons (Fsp3) is 0.188. The van der Waals surface area contributed by atoms with E-state index in [0.717, 1.165) is 32.6 Å². The summed E-state index contributed by atoms with van der Waals surface area (Å²) in [6, 6.07) is 7.47. The second-order valence-corrected chi connectivity index (χ2v) is 6.04. The molecule has 0 radical (unpaired) electrons. The van der Waals surface area contributed by atoms with Crippen molar-refractivity contribution in [1.29, 1.82) is 0 Å². The number of amides is 1. The second kappa shape index (κ2) is 5.07. The number of anilines is 2. The molecule has 0 saturated heterocycles. The Morgan fingerprint density at radius 3 is 2.52 bits per heavy atom. The van der Waals surface area contributed by atoms with Crippen molar-refractivity contribution in [3.8, 4) is 11.5 Å². The quantitative estimate of drug-likeness (QED) is 0.809. The van der Waals surface area contributed by atoms with Gasteiger partial charge in [-0.2, -0.15) is 0 Å². The van der Waals surface area contributed by atoms with E-state index in [2.05, 4.69) is 21.2 Å². The van der Waals surface area contributed by atoms with E-state index in [1.165, 1.54) is 0 Å². The molecule has 1 aliphatic rings. The first-order valence-corrected chi connectivity index (χ1v) is 7.40. The molecule has 0 saturated carbocycles. The third-order valence-corrected chi connectivity index (χ3v) is 4.75. The van der Waals surface area contributed by atoms with Crippen LogP contribution in [-0.4, -0.2) is 5.91 Å². The Morgan fingerprint density at radius 2 is 1.86 bits per heavy atom. The lowest BCUT2D eigenvalue weighted by atomic mass is 10.1. The zero-order valence-corrected chi connectivity index (χ0v) is 13.4. The number of halogens is 1. The standard InChI is InChI=1S/C16H15BrN2O2/c1-8-3-11(4-9(2)16(8)17)21-14-7-13-10(5-12(14)18)6-15(20)19-13/h3-5,7H,6,18H2,1-2H3,(H,19,20). The van der Waals surface area contributed by atoms with Crippen molar-refractivity contribution in [1.82, 2.24) is 0 Å². The van der Waals surface area contributed by atoms with Crippen LogP contribution in [-0.2, 0) is 11.2 Å². The van der Waals surface area contributed by atoms with Crippen molar-refractivity contribution >= 4 is 33.2 Å². The molecule has 4 nitrogen and oxygen atoms in total. The van der Waals surface area contributed by atoms with E-state index in [-0.39, 0.29) is 5.91 Å². The molecule has 0 aromatic heterocycles. The summed E-state index contributed by atoms with van der Waals surface area (Å²) < 4.78 is 6.96. The van der Waals surface area contributed by atoms with Gasteiger partial charge in [0.25, 0.3) is 0 Å². The highest BCUT2D eigenvalue weighted by atomic mass is 79.9. The molecule has 21 heavy (non-hydrogen) atoms. The van der Waals surface area contributed by atoms with Crippen LogP contribution < -0.4 is 15.8 Å². The lowest BCUT2D eigenvalue weighted by Crippen LogP contribution is -2.03. The number of carbonyl (C=O) groups excluding carboxylic acids is 1. The van der Waals surface area contributed by atoms with E-state index < -0.39 is 0 Å². The molecule has 0 bridgehead atoms. The zero-order valence-electron chi connectivity index (χ0n) is 11.8. The Bertz CT molecular complexity index is 733. The number of carbonyl (C=O) groups is 1. The predicted octanol–water partition coefficient (Wildman–Crippen LogP) is 3.94. The van der Waals surface area contributed by atoms with Gasteiger partial charge in [-0.05, 0) is 48.7 Å². The zero-order chi connectivity index (χ0) is 15.1. The molecule has 0 fully saturated rings. The number of nitrogens with one attached hydrogen (secondary N) is 1. The Morgan fingerprint density at radius 1 is 1.19 bits per heavy atom. The van der Waals surface area contributed by atoms with Gasteiger partial charge in [-0.1, -0.05) is 15.9 Å². The summed E-state index contributed by atoms with van der Waals surface area (Å²) in [6.45, 7) is 4.02. The van der Waals surface area contributed by atoms with Crippen molar-refractivity contribution in [2.75, 3.05) is 11.1 Å². The molecule has 1 amide bonds. The Balaban J connectivity index is 1.96. The first kappa shape index (κ1) is 13.9. The Kier molecular flexibility index (Phi) is 3.37. The first-order valence-electron chi connectivity index (χ1n) is 6.61. The Labute approximate surface area is 131 Å². The monoisotopic (exact) mass is 346 g/mol. The summed E-state index contributed by atoms with van der Waals surface area (Å²) in [5, 5.41) is 2.80. The second-order valence-electron chi connectivity index (χ2n) is 5.25. The molecule has 0 spiro atoms. The number of hydrogen-bond donors (Lipinski definition) is 2. The third-order valence-electron chi connectivity index (χ3n) is 3.50. The van der Waals surface area contributed by atoms with Crippen molar-refractivity contribution in [3.63, 3.8) is 0 Å². The highest BCUT2D eigenvalue weighted by Crippen LogP contribution is 2.37. The third kappa shape index (κ3) is 2.61. The van der Waals surface area contributed by atoms with Crippen LogP contribution >= 0.6 is 15.9 Å².